The largest absolute Gasteiger partial charge is 0.458 e. The minimum Gasteiger partial charge on any atom is -0.458 e. The standard InChI is InChI=1S/C19H20O6/c1-9(2)17(20)24-15-8-12-7-13(23-19(12)22)5-10(3)6-14-16(15)11(4)18(21)25-14/h6-7,13-16H,1,4-5,8H2,2-3H3/b10-6-/t13-,14+,15-,16+/m1/s1. The molecule has 0 amide bonds. The molecule has 0 saturated carbocycles. The maximum Gasteiger partial charge on any atom is 0.334 e. The smallest absolute Gasteiger partial charge is 0.334 e. The van der Waals surface area contributed by atoms with Crippen molar-refractivity contribution in [2.45, 2.75) is 45.0 Å². The van der Waals surface area contributed by atoms with Crippen LogP contribution in [0.15, 0.2) is 47.6 Å². The molecular weight excluding hydrogens is 324 g/mol. The Labute approximate surface area is 145 Å². The third-order valence-corrected chi connectivity index (χ3v) is 4.57. The third-order valence-electron chi connectivity index (χ3n) is 4.57. The van der Waals surface area contributed by atoms with Crippen LogP contribution in [0.1, 0.15) is 26.7 Å². The molecule has 3 rings (SSSR count). The van der Waals surface area contributed by atoms with Crippen molar-refractivity contribution in [2.24, 2.45) is 5.92 Å². The van der Waals surface area contributed by atoms with Crippen molar-refractivity contribution in [1.82, 2.24) is 0 Å². The Morgan fingerprint density at radius 2 is 1.92 bits per heavy atom. The number of ether oxygens (including phenoxy) is 3. The molecule has 6 heteroatoms. The lowest BCUT2D eigenvalue weighted by Gasteiger charge is -2.26. The van der Waals surface area contributed by atoms with E-state index in [0.29, 0.717) is 12.0 Å². The monoisotopic (exact) mass is 344 g/mol. The molecular formula is C19H20O6. The fraction of sp³-hybridized carbons (Fsp3) is 0.421. The van der Waals surface area contributed by atoms with Gasteiger partial charge < -0.3 is 14.2 Å². The highest BCUT2D eigenvalue weighted by Crippen LogP contribution is 2.38. The maximum atomic E-state index is 12.1. The van der Waals surface area contributed by atoms with Gasteiger partial charge in [0.05, 0.1) is 5.92 Å². The number of fused-ring (bicyclic) bond motifs is 2. The first-order chi connectivity index (χ1) is 11.8. The van der Waals surface area contributed by atoms with E-state index in [2.05, 4.69) is 13.2 Å². The predicted molar refractivity (Wildman–Crippen MR) is 88.2 cm³/mol. The fourth-order valence-corrected chi connectivity index (χ4v) is 3.33. The molecule has 0 spiro atoms. The summed E-state index contributed by atoms with van der Waals surface area (Å²) in [5, 5.41) is 0. The summed E-state index contributed by atoms with van der Waals surface area (Å²) >= 11 is 0. The van der Waals surface area contributed by atoms with E-state index in [1.54, 1.807) is 6.08 Å². The summed E-state index contributed by atoms with van der Waals surface area (Å²) in [6.45, 7) is 10.8. The summed E-state index contributed by atoms with van der Waals surface area (Å²) in [6.07, 6.45) is 2.52. The highest BCUT2D eigenvalue weighted by atomic mass is 16.6. The second-order valence-electron chi connectivity index (χ2n) is 6.70. The van der Waals surface area contributed by atoms with Crippen LogP contribution in [-0.2, 0) is 28.6 Å². The summed E-state index contributed by atoms with van der Waals surface area (Å²) in [4.78, 5) is 36.2. The van der Waals surface area contributed by atoms with Crippen molar-refractivity contribution in [3.63, 3.8) is 0 Å². The summed E-state index contributed by atoms with van der Waals surface area (Å²) in [6, 6.07) is 0. The van der Waals surface area contributed by atoms with Crippen LogP contribution in [0.3, 0.4) is 0 Å². The Hall–Kier alpha value is -2.63. The molecule has 0 aromatic rings. The Morgan fingerprint density at radius 1 is 1.20 bits per heavy atom. The Bertz CT molecular complexity index is 741. The van der Waals surface area contributed by atoms with Gasteiger partial charge in [-0.25, -0.2) is 14.4 Å². The number of hydrogen-bond donors (Lipinski definition) is 0. The van der Waals surface area contributed by atoms with Crippen LogP contribution < -0.4 is 0 Å². The van der Waals surface area contributed by atoms with Gasteiger partial charge in [0.1, 0.15) is 18.3 Å². The van der Waals surface area contributed by atoms with Crippen LogP contribution in [0.5, 0.6) is 0 Å². The molecule has 2 bridgehead atoms. The number of rotatable bonds is 2. The maximum absolute atomic E-state index is 12.1. The predicted octanol–water partition coefficient (Wildman–Crippen LogP) is 2.16. The van der Waals surface area contributed by atoms with Gasteiger partial charge in [0.25, 0.3) is 0 Å². The normalized spacial score (nSPS) is 33.4. The van der Waals surface area contributed by atoms with Crippen molar-refractivity contribution in [1.29, 1.82) is 0 Å². The Balaban J connectivity index is 2.01. The van der Waals surface area contributed by atoms with E-state index in [-0.39, 0.29) is 23.7 Å². The number of carbonyl (C=O) groups is 3. The molecule has 1 fully saturated rings. The van der Waals surface area contributed by atoms with Crippen molar-refractivity contribution in [3.8, 4) is 0 Å². The lowest BCUT2D eigenvalue weighted by atomic mass is 9.85. The zero-order valence-corrected chi connectivity index (χ0v) is 14.2. The Kier molecular flexibility index (Phi) is 4.37. The van der Waals surface area contributed by atoms with Gasteiger partial charge >= 0.3 is 17.9 Å². The summed E-state index contributed by atoms with van der Waals surface area (Å²) in [7, 11) is 0. The molecule has 132 valence electrons. The van der Waals surface area contributed by atoms with E-state index in [4.69, 9.17) is 14.2 Å². The highest BCUT2D eigenvalue weighted by Gasteiger charge is 2.46. The molecule has 2 heterocycles. The van der Waals surface area contributed by atoms with E-state index in [1.165, 1.54) is 6.92 Å². The average molecular weight is 344 g/mol. The molecule has 1 aliphatic carbocycles. The van der Waals surface area contributed by atoms with Crippen LogP contribution in [-0.4, -0.2) is 36.2 Å². The third kappa shape index (κ3) is 3.29. The van der Waals surface area contributed by atoms with Gasteiger partial charge in [-0.1, -0.05) is 18.7 Å². The molecule has 0 aromatic heterocycles. The van der Waals surface area contributed by atoms with Crippen LogP contribution in [0.25, 0.3) is 0 Å². The molecule has 25 heavy (non-hydrogen) atoms. The van der Waals surface area contributed by atoms with Crippen LogP contribution in [0, 0.1) is 5.92 Å². The summed E-state index contributed by atoms with van der Waals surface area (Å²) in [5.74, 6) is -2.09. The van der Waals surface area contributed by atoms with E-state index < -0.39 is 36.0 Å². The lowest BCUT2D eigenvalue weighted by molar-refractivity contribution is -0.148. The molecule has 1 saturated heterocycles. The van der Waals surface area contributed by atoms with Crippen molar-refractivity contribution in [3.05, 3.63) is 47.6 Å². The van der Waals surface area contributed by atoms with E-state index in [0.717, 1.165) is 5.57 Å². The Morgan fingerprint density at radius 3 is 2.60 bits per heavy atom. The SMILES string of the molecule is C=C(C)C(=O)O[C@@H]1CC2=C[C@@H](C/C(C)=C\[C@@H]3OC(=O)C(=C)[C@@H]31)OC2=O. The second-order valence-corrected chi connectivity index (χ2v) is 6.70. The fourth-order valence-electron chi connectivity index (χ4n) is 3.33. The van der Waals surface area contributed by atoms with Crippen molar-refractivity contribution in [2.75, 3.05) is 0 Å². The lowest BCUT2D eigenvalue weighted by Crippen LogP contribution is -2.34. The van der Waals surface area contributed by atoms with E-state index in [1.807, 2.05) is 13.0 Å². The van der Waals surface area contributed by atoms with Gasteiger partial charge in [-0.2, -0.15) is 0 Å². The van der Waals surface area contributed by atoms with Crippen molar-refractivity contribution < 1.29 is 28.6 Å². The molecule has 6 nitrogen and oxygen atoms in total. The summed E-state index contributed by atoms with van der Waals surface area (Å²) < 4.78 is 16.3. The van der Waals surface area contributed by atoms with Gasteiger partial charge in [0.15, 0.2) is 0 Å². The minimum absolute atomic E-state index is 0.137. The van der Waals surface area contributed by atoms with Gasteiger partial charge in [0.2, 0.25) is 0 Å². The first kappa shape index (κ1) is 17.2. The van der Waals surface area contributed by atoms with Crippen LogP contribution >= 0.6 is 0 Å². The van der Waals surface area contributed by atoms with Crippen LogP contribution in [0.4, 0.5) is 0 Å². The van der Waals surface area contributed by atoms with Gasteiger partial charge in [-0.3, -0.25) is 0 Å². The van der Waals surface area contributed by atoms with E-state index in [9.17, 15) is 14.4 Å². The van der Waals surface area contributed by atoms with Crippen LogP contribution in [0.2, 0.25) is 0 Å². The minimum atomic E-state index is -0.771. The topological polar surface area (TPSA) is 78.9 Å². The molecule has 4 atom stereocenters. The van der Waals surface area contributed by atoms with Crippen molar-refractivity contribution >= 4 is 17.9 Å². The number of esters is 3. The average Bonchev–Trinajstić information content (AvgIpc) is 2.98. The summed E-state index contributed by atoms with van der Waals surface area (Å²) in [5.41, 5.74) is 1.82. The zero-order chi connectivity index (χ0) is 18.3. The quantitative estimate of drug-likeness (QED) is 0.331. The molecule has 0 N–H and O–H groups in total. The van der Waals surface area contributed by atoms with Gasteiger partial charge in [-0.15, -0.1) is 0 Å². The zero-order valence-electron chi connectivity index (χ0n) is 14.2. The second kappa shape index (κ2) is 6.35. The molecule has 3 aliphatic rings. The molecule has 0 radical (unpaired) electrons. The highest BCUT2D eigenvalue weighted by molar-refractivity contribution is 5.93. The molecule has 0 unspecified atom stereocenters. The first-order valence-corrected chi connectivity index (χ1v) is 8.11. The number of hydrogen-bond acceptors (Lipinski definition) is 6. The van der Waals surface area contributed by atoms with Gasteiger partial charge in [-0.05, 0) is 26.0 Å². The van der Waals surface area contributed by atoms with E-state index >= 15 is 0 Å². The first-order valence-electron chi connectivity index (χ1n) is 8.11. The molecule has 2 aliphatic heterocycles. The number of carbonyl (C=O) groups excluding carboxylic acids is 3. The molecule has 0 aromatic carbocycles. The van der Waals surface area contributed by atoms with Gasteiger partial charge in [0, 0.05) is 29.6 Å².